The summed E-state index contributed by atoms with van der Waals surface area (Å²) in [4.78, 5) is 20.8. The van der Waals surface area contributed by atoms with Crippen LogP contribution in [0.5, 0.6) is 0 Å². The number of anilines is 2. The highest BCUT2D eigenvalue weighted by atomic mass is 16.2. The van der Waals surface area contributed by atoms with Crippen LogP contribution in [-0.4, -0.2) is 42.1 Å². The molecule has 0 unspecified atom stereocenters. The van der Waals surface area contributed by atoms with Crippen LogP contribution in [0.3, 0.4) is 0 Å². The molecule has 0 saturated carbocycles. The Labute approximate surface area is 123 Å². The molecule has 21 heavy (non-hydrogen) atoms. The van der Waals surface area contributed by atoms with Gasteiger partial charge in [0.1, 0.15) is 5.69 Å². The monoisotopic (exact) mass is 285 g/mol. The van der Waals surface area contributed by atoms with Gasteiger partial charge in [-0.15, -0.1) is 0 Å². The number of nitrogens with two attached hydrogens (primary N) is 1. The molecule has 0 spiro atoms. The maximum absolute atomic E-state index is 12.7. The summed E-state index contributed by atoms with van der Waals surface area (Å²) in [7, 11) is 2.04. The Hall–Kier alpha value is -2.34. The van der Waals surface area contributed by atoms with E-state index in [4.69, 9.17) is 5.73 Å². The number of hydrogen-bond donors (Lipinski definition) is 1. The van der Waals surface area contributed by atoms with Gasteiger partial charge in [0, 0.05) is 39.4 Å². The minimum atomic E-state index is -0.0636. The number of benzene rings is 1. The van der Waals surface area contributed by atoms with Gasteiger partial charge >= 0.3 is 0 Å². The SMILES string of the molecule is CN1CCN(C(=O)c2cn(CCN)cn2)c2ccccc21. The van der Waals surface area contributed by atoms with Crippen molar-refractivity contribution in [2.45, 2.75) is 6.54 Å². The summed E-state index contributed by atoms with van der Waals surface area (Å²) in [5.41, 5.74) is 7.98. The molecule has 1 aliphatic rings. The Morgan fingerprint density at radius 1 is 1.29 bits per heavy atom. The molecule has 0 atom stereocenters. The molecule has 0 fully saturated rings. The van der Waals surface area contributed by atoms with Crippen molar-refractivity contribution < 1.29 is 4.79 Å². The average Bonchev–Trinajstić information content (AvgIpc) is 2.96. The van der Waals surface area contributed by atoms with Gasteiger partial charge < -0.3 is 20.1 Å². The lowest BCUT2D eigenvalue weighted by atomic mass is 10.1. The standard InChI is InChI=1S/C15H19N5O/c1-18-8-9-20(14-5-3-2-4-13(14)18)15(21)12-10-19(7-6-16)11-17-12/h2-5,10-11H,6-9,16H2,1H3. The molecule has 110 valence electrons. The van der Waals surface area contributed by atoms with E-state index in [1.165, 1.54) is 0 Å². The van der Waals surface area contributed by atoms with Gasteiger partial charge in [-0.2, -0.15) is 0 Å². The molecule has 0 aliphatic carbocycles. The Balaban J connectivity index is 1.89. The Morgan fingerprint density at radius 3 is 2.81 bits per heavy atom. The molecule has 1 aromatic carbocycles. The Morgan fingerprint density at radius 2 is 2.05 bits per heavy atom. The number of aromatic nitrogens is 2. The number of para-hydroxylation sites is 2. The van der Waals surface area contributed by atoms with E-state index in [1.54, 1.807) is 17.4 Å². The molecular weight excluding hydrogens is 266 g/mol. The van der Waals surface area contributed by atoms with Crippen molar-refractivity contribution in [2.24, 2.45) is 5.73 Å². The number of hydrogen-bond acceptors (Lipinski definition) is 4. The zero-order valence-electron chi connectivity index (χ0n) is 12.1. The van der Waals surface area contributed by atoms with Crippen molar-refractivity contribution in [1.82, 2.24) is 9.55 Å². The van der Waals surface area contributed by atoms with Crippen molar-refractivity contribution in [3.63, 3.8) is 0 Å². The maximum atomic E-state index is 12.7. The minimum Gasteiger partial charge on any atom is -0.371 e. The number of amides is 1. The fourth-order valence-electron chi connectivity index (χ4n) is 2.60. The second kappa shape index (κ2) is 5.57. The van der Waals surface area contributed by atoms with Crippen LogP contribution in [0, 0.1) is 0 Å². The van der Waals surface area contributed by atoms with Crippen LogP contribution < -0.4 is 15.5 Å². The van der Waals surface area contributed by atoms with Crippen LogP contribution in [0.25, 0.3) is 0 Å². The van der Waals surface area contributed by atoms with E-state index >= 15 is 0 Å². The maximum Gasteiger partial charge on any atom is 0.278 e. The van der Waals surface area contributed by atoms with E-state index in [0.29, 0.717) is 25.3 Å². The molecule has 1 aliphatic heterocycles. The number of carbonyl (C=O) groups excluding carboxylic acids is 1. The van der Waals surface area contributed by atoms with Crippen LogP contribution in [0.15, 0.2) is 36.8 Å². The zero-order valence-corrected chi connectivity index (χ0v) is 12.1. The molecule has 0 radical (unpaired) electrons. The Kier molecular flexibility index (Phi) is 3.62. The van der Waals surface area contributed by atoms with Crippen LogP contribution >= 0.6 is 0 Å². The number of nitrogens with zero attached hydrogens (tertiary/aromatic N) is 4. The molecule has 1 aromatic heterocycles. The van der Waals surface area contributed by atoms with E-state index in [9.17, 15) is 4.79 Å². The summed E-state index contributed by atoms with van der Waals surface area (Å²) in [5, 5.41) is 0. The molecule has 2 heterocycles. The predicted molar refractivity (Wildman–Crippen MR) is 82.7 cm³/mol. The third-order valence-electron chi connectivity index (χ3n) is 3.73. The second-order valence-corrected chi connectivity index (χ2v) is 5.15. The number of imidazole rings is 1. The van der Waals surface area contributed by atoms with E-state index in [2.05, 4.69) is 9.88 Å². The van der Waals surface area contributed by atoms with Crippen molar-refractivity contribution in [1.29, 1.82) is 0 Å². The molecule has 6 nitrogen and oxygen atoms in total. The third-order valence-corrected chi connectivity index (χ3v) is 3.73. The lowest BCUT2D eigenvalue weighted by Crippen LogP contribution is -2.42. The van der Waals surface area contributed by atoms with Gasteiger partial charge in [0.25, 0.3) is 5.91 Å². The lowest BCUT2D eigenvalue weighted by molar-refractivity contribution is 0.0982. The van der Waals surface area contributed by atoms with Crippen molar-refractivity contribution in [2.75, 3.05) is 36.5 Å². The molecule has 6 heteroatoms. The van der Waals surface area contributed by atoms with Gasteiger partial charge in [-0.3, -0.25) is 4.79 Å². The highest BCUT2D eigenvalue weighted by Gasteiger charge is 2.26. The van der Waals surface area contributed by atoms with Gasteiger partial charge in [-0.1, -0.05) is 12.1 Å². The fraction of sp³-hybridized carbons (Fsp3) is 0.333. The van der Waals surface area contributed by atoms with Gasteiger partial charge in [0.2, 0.25) is 0 Å². The number of carbonyl (C=O) groups is 1. The number of rotatable bonds is 3. The molecule has 3 rings (SSSR count). The normalized spacial score (nSPS) is 14.2. The first kappa shape index (κ1) is 13.6. The summed E-state index contributed by atoms with van der Waals surface area (Å²) >= 11 is 0. The van der Waals surface area contributed by atoms with Crippen molar-refractivity contribution >= 4 is 17.3 Å². The van der Waals surface area contributed by atoms with Gasteiger partial charge in [-0.25, -0.2) is 4.98 Å². The summed E-state index contributed by atoms with van der Waals surface area (Å²) in [5.74, 6) is -0.0636. The van der Waals surface area contributed by atoms with Crippen LogP contribution in [0.1, 0.15) is 10.5 Å². The summed E-state index contributed by atoms with van der Waals surface area (Å²) in [6, 6.07) is 7.94. The quantitative estimate of drug-likeness (QED) is 0.911. The summed E-state index contributed by atoms with van der Waals surface area (Å²) < 4.78 is 1.84. The second-order valence-electron chi connectivity index (χ2n) is 5.15. The van der Waals surface area contributed by atoms with E-state index in [1.807, 2.05) is 35.9 Å². The highest BCUT2D eigenvalue weighted by molar-refractivity contribution is 6.07. The predicted octanol–water partition coefficient (Wildman–Crippen LogP) is 0.938. The van der Waals surface area contributed by atoms with Crippen LogP contribution in [0.2, 0.25) is 0 Å². The van der Waals surface area contributed by atoms with Crippen molar-refractivity contribution in [3.8, 4) is 0 Å². The number of likely N-dealkylation sites (N-methyl/N-ethyl adjacent to an activating group) is 1. The molecule has 0 saturated heterocycles. The minimum absolute atomic E-state index is 0.0636. The average molecular weight is 285 g/mol. The number of fused-ring (bicyclic) bond motifs is 1. The first-order chi connectivity index (χ1) is 10.2. The molecule has 0 bridgehead atoms. The van der Waals surface area contributed by atoms with Crippen molar-refractivity contribution in [3.05, 3.63) is 42.5 Å². The smallest absolute Gasteiger partial charge is 0.278 e. The van der Waals surface area contributed by atoms with Crippen LogP contribution in [0.4, 0.5) is 11.4 Å². The molecule has 1 amide bonds. The third kappa shape index (κ3) is 2.50. The van der Waals surface area contributed by atoms with Gasteiger partial charge in [0.15, 0.2) is 0 Å². The van der Waals surface area contributed by atoms with Gasteiger partial charge in [0.05, 0.1) is 17.7 Å². The zero-order chi connectivity index (χ0) is 14.8. The van der Waals surface area contributed by atoms with Crippen LogP contribution in [-0.2, 0) is 6.54 Å². The first-order valence-electron chi connectivity index (χ1n) is 7.04. The summed E-state index contributed by atoms with van der Waals surface area (Å²) in [6.45, 7) is 2.67. The topological polar surface area (TPSA) is 67.4 Å². The fourth-order valence-corrected chi connectivity index (χ4v) is 2.60. The lowest BCUT2D eigenvalue weighted by Gasteiger charge is -2.35. The molecular formula is C15H19N5O. The highest BCUT2D eigenvalue weighted by Crippen LogP contribution is 2.32. The van der Waals surface area contributed by atoms with E-state index in [0.717, 1.165) is 17.9 Å². The Bertz CT molecular complexity index is 651. The molecule has 2 N–H and O–H groups in total. The largest absolute Gasteiger partial charge is 0.371 e. The van der Waals surface area contributed by atoms with Gasteiger partial charge in [-0.05, 0) is 12.1 Å². The summed E-state index contributed by atoms with van der Waals surface area (Å²) in [6.07, 6.45) is 3.41. The van der Waals surface area contributed by atoms with E-state index < -0.39 is 0 Å². The van der Waals surface area contributed by atoms with E-state index in [-0.39, 0.29) is 5.91 Å². The first-order valence-corrected chi connectivity index (χ1v) is 7.04. The molecule has 2 aromatic rings.